The van der Waals surface area contributed by atoms with Gasteiger partial charge in [0.25, 0.3) is 4.60 Å². The lowest BCUT2D eigenvalue weighted by Gasteiger charge is -2.04. The largest absolute Gasteiger partial charge is 0.617 e. The minimum atomic E-state index is 0.527. The Morgan fingerprint density at radius 3 is 2.36 bits per heavy atom. The third-order valence-electron chi connectivity index (χ3n) is 1.97. The van der Waals surface area contributed by atoms with Crippen LogP contribution in [0.2, 0.25) is 0 Å². The molecule has 70 valence electrons. The van der Waals surface area contributed by atoms with Crippen LogP contribution in [-0.4, -0.2) is 0 Å². The van der Waals surface area contributed by atoms with E-state index in [4.69, 9.17) is 0 Å². The summed E-state index contributed by atoms with van der Waals surface area (Å²) in [5.74, 6) is 0. The van der Waals surface area contributed by atoms with E-state index in [9.17, 15) is 5.21 Å². The van der Waals surface area contributed by atoms with Crippen molar-refractivity contribution in [3.05, 3.63) is 58.3 Å². The van der Waals surface area contributed by atoms with Gasteiger partial charge in [0.2, 0.25) is 5.69 Å². The minimum absolute atomic E-state index is 0.527. The lowest BCUT2D eigenvalue weighted by molar-refractivity contribution is -0.605. The Kier molecular flexibility index (Phi) is 2.50. The van der Waals surface area contributed by atoms with Crippen molar-refractivity contribution < 1.29 is 4.73 Å². The summed E-state index contributed by atoms with van der Waals surface area (Å²) in [6.45, 7) is 0. The summed E-state index contributed by atoms with van der Waals surface area (Å²) >= 11 is 3.19. The SMILES string of the molecule is [O-][n+]1c(Br)cccc1-c1ccccc1. The van der Waals surface area contributed by atoms with Gasteiger partial charge in [0, 0.05) is 33.6 Å². The van der Waals surface area contributed by atoms with Crippen molar-refractivity contribution >= 4 is 15.9 Å². The van der Waals surface area contributed by atoms with Crippen LogP contribution < -0.4 is 4.73 Å². The van der Waals surface area contributed by atoms with Crippen LogP contribution in [0.15, 0.2) is 53.1 Å². The smallest absolute Gasteiger partial charge is 0.259 e. The molecule has 0 amide bonds. The molecule has 0 saturated heterocycles. The molecule has 0 aliphatic carbocycles. The number of aromatic nitrogens is 1. The highest BCUT2D eigenvalue weighted by atomic mass is 79.9. The van der Waals surface area contributed by atoms with E-state index in [-0.39, 0.29) is 0 Å². The molecule has 1 aromatic carbocycles. The Hall–Kier alpha value is -1.35. The molecule has 0 bridgehead atoms. The van der Waals surface area contributed by atoms with Gasteiger partial charge in [-0.15, -0.1) is 0 Å². The average Bonchev–Trinajstić information content (AvgIpc) is 2.23. The molecule has 0 saturated carbocycles. The Morgan fingerprint density at radius 2 is 1.64 bits per heavy atom. The van der Waals surface area contributed by atoms with Gasteiger partial charge in [0.1, 0.15) is 0 Å². The normalized spacial score (nSPS) is 10.1. The van der Waals surface area contributed by atoms with Crippen LogP contribution in [0.1, 0.15) is 0 Å². The van der Waals surface area contributed by atoms with Crippen LogP contribution in [0.25, 0.3) is 11.3 Å². The zero-order valence-electron chi connectivity index (χ0n) is 7.35. The molecule has 0 aliphatic heterocycles. The van der Waals surface area contributed by atoms with Gasteiger partial charge < -0.3 is 5.21 Å². The van der Waals surface area contributed by atoms with Gasteiger partial charge in [-0.25, -0.2) is 0 Å². The van der Waals surface area contributed by atoms with Gasteiger partial charge in [-0.2, -0.15) is 4.73 Å². The highest BCUT2D eigenvalue weighted by molar-refractivity contribution is 9.10. The topological polar surface area (TPSA) is 26.9 Å². The Labute approximate surface area is 90.5 Å². The fraction of sp³-hybridized carbons (Fsp3) is 0. The van der Waals surface area contributed by atoms with Crippen molar-refractivity contribution in [1.29, 1.82) is 0 Å². The first-order valence-corrected chi connectivity index (χ1v) is 5.02. The van der Waals surface area contributed by atoms with E-state index in [1.807, 2.05) is 36.4 Å². The Morgan fingerprint density at radius 1 is 0.929 bits per heavy atom. The van der Waals surface area contributed by atoms with Crippen molar-refractivity contribution in [1.82, 2.24) is 0 Å². The number of halogens is 1. The van der Waals surface area contributed by atoms with Crippen LogP contribution in [0.3, 0.4) is 0 Å². The molecule has 1 aromatic heterocycles. The number of pyridine rings is 1. The maximum absolute atomic E-state index is 11.6. The second kappa shape index (κ2) is 3.80. The van der Waals surface area contributed by atoms with E-state index >= 15 is 0 Å². The summed E-state index contributed by atoms with van der Waals surface area (Å²) in [7, 11) is 0. The van der Waals surface area contributed by atoms with Gasteiger partial charge >= 0.3 is 0 Å². The Bertz CT molecular complexity index is 442. The number of hydrogen-bond acceptors (Lipinski definition) is 1. The molecule has 3 heteroatoms. The Balaban J connectivity index is 2.58. The molecule has 1 heterocycles. The van der Waals surface area contributed by atoms with Gasteiger partial charge in [0.15, 0.2) is 0 Å². The molecule has 2 aromatic rings. The maximum atomic E-state index is 11.6. The second-order valence-corrected chi connectivity index (χ2v) is 3.71. The average molecular weight is 250 g/mol. The second-order valence-electron chi connectivity index (χ2n) is 2.89. The first-order chi connectivity index (χ1) is 6.79. The zero-order chi connectivity index (χ0) is 9.97. The van der Waals surface area contributed by atoms with E-state index in [0.29, 0.717) is 10.3 Å². The molecular weight excluding hydrogens is 242 g/mol. The number of hydrogen-bond donors (Lipinski definition) is 0. The van der Waals surface area contributed by atoms with Gasteiger partial charge in [-0.3, -0.25) is 0 Å². The summed E-state index contributed by atoms with van der Waals surface area (Å²) < 4.78 is 1.40. The van der Waals surface area contributed by atoms with Crippen LogP contribution >= 0.6 is 15.9 Å². The van der Waals surface area contributed by atoms with Crippen molar-refractivity contribution in [2.45, 2.75) is 0 Å². The van der Waals surface area contributed by atoms with Crippen molar-refractivity contribution in [2.75, 3.05) is 0 Å². The molecule has 0 radical (unpaired) electrons. The molecular formula is C11H8BrNO. The molecule has 0 atom stereocenters. The van der Waals surface area contributed by atoms with E-state index in [1.165, 1.54) is 0 Å². The third-order valence-corrected chi connectivity index (χ3v) is 2.56. The van der Waals surface area contributed by atoms with E-state index in [2.05, 4.69) is 15.9 Å². The van der Waals surface area contributed by atoms with E-state index in [1.54, 1.807) is 12.1 Å². The van der Waals surface area contributed by atoms with Crippen LogP contribution in [0.4, 0.5) is 0 Å². The van der Waals surface area contributed by atoms with Gasteiger partial charge in [-0.05, 0) is 18.2 Å². The summed E-state index contributed by atoms with van der Waals surface area (Å²) in [5, 5.41) is 11.6. The molecule has 14 heavy (non-hydrogen) atoms. The predicted molar refractivity (Wildman–Crippen MR) is 58.5 cm³/mol. The summed E-state index contributed by atoms with van der Waals surface area (Å²) in [4.78, 5) is 0. The maximum Gasteiger partial charge on any atom is 0.259 e. The summed E-state index contributed by atoms with van der Waals surface area (Å²) in [5.41, 5.74) is 1.57. The van der Waals surface area contributed by atoms with Gasteiger partial charge in [-0.1, -0.05) is 18.2 Å². The lowest BCUT2D eigenvalue weighted by atomic mass is 10.1. The lowest BCUT2D eigenvalue weighted by Crippen LogP contribution is -2.30. The molecule has 0 spiro atoms. The van der Waals surface area contributed by atoms with E-state index < -0.39 is 0 Å². The van der Waals surface area contributed by atoms with Crippen molar-refractivity contribution in [2.24, 2.45) is 0 Å². The highest BCUT2D eigenvalue weighted by Gasteiger charge is 2.09. The molecule has 2 nitrogen and oxygen atoms in total. The van der Waals surface area contributed by atoms with E-state index in [0.717, 1.165) is 10.3 Å². The molecule has 0 fully saturated rings. The van der Waals surface area contributed by atoms with Crippen molar-refractivity contribution in [3.63, 3.8) is 0 Å². The number of benzene rings is 1. The first kappa shape index (κ1) is 9.21. The van der Waals surface area contributed by atoms with Crippen molar-refractivity contribution in [3.8, 4) is 11.3 Å². The van der Waals surface area contributed by atoms with Crippen LogP contribution in [0.5, 0.6) is 0 Å². The monoisotopic (exact) mass is 249 g/mol. The molecule has 0 aliphatic rings. The first-order valence-electron chi connectivity index (χ1n) is 4.22. The molecule has 0 unspecified atom stereocenters. The quantitative estimate of drug-likeness (QED) is 0.434. The third kappa shape index (κ3) is 1.63. The minimum Gasteiger partial charge on any atom is -0.617 e. The van der Waals surface area contributed by atoms with Crippen LogP contribution in [0, 0.1) is 5.21 Å². The summed E-state index contributed by atoms with van der Waals surface area (Å²) in [6.07, 6.45) is 0. The zero-order valence-corrected chi connectivity index (χ0v) is 8.94. The fourth-order valence-corrected chi connectivity index (χ4v) is 1.64. The van der Waals surface area contributed by atoms with Gasteiger partial charge in [0.05, 0.1) is 0 Å². The number of nitrogens with zero attached hydrogens (tertiary/aromatic N) is 1. The highest BCUT2D eigenvalue weighted by Crippen LogP contribution is 2.16. The summed E-state index contributed by atoms with van der Waals surface area (Å²) in [6, 6.07) is 14.9. The molecule has 0 N–H and O–H groups in total. The number of rotatable bonds is 1. The van der Waals surface area contributed by atoms with Crippen LogP contribution in [-0.2, 0) is 0 Å². The molecule has 2 rings (SSSR count). The fourth-order valence-electron chi connectivity index (χ4n) is 1.29. The predicted octanol–water partition coefficient (Wildman–Crippen LogP) is 2.75. The standard InChI is InChI=1S/C11H8BrNO/c12-11-8-4-7-10(13(11)14)9-5-2-1-3-6-9/h1-8H.